The van der Waals surface area contributed by atoms with Crippen LogP contribution in [0.2, 0.25) is 0 Å². The van der Waals surface area contributed by atoms with Crippen molar-refractivity contribution in [2.24, 2.45) is 0 Å². The van der Waals surface area contributed by atoms with Gasteiger partial charge in [0.1, 0.15) is 0 Å². The third-order valence-corrected chi connectivity index (χ3v) is 1.99. The number of nitrogens with one attached hydrogen (secondary N) is 1. The van der Waals surface area contributed by atoms with Gasteiger partial charge >= 0.3 is 0 Å². The summed E-state index contributed by atoms with van der Waals surface area (Å²) in [7, 11) is 0. The van der Waals surface area contributed by atoms with Crippen LogP contribution in [0.5, 0.6) is 0 Å². The van der Waals surface area contributed by atoms with E-state index in [1.807, 2.05) is 41.5 Å². The first kappa shape index (κ1) is 16.4. The highest BCUT2D eigenvalue weighted by Crippen LogP contribution is 2.05. The molecule has 5 heteroatoms. The predicted octanol–water partition coefficient (Wildman–Crippen LogP) is 1.54. The molecule has 0 aliphatic rings. The van der Waals surface area contributed by atoms with E-state index in [0.717, 1.165) is 0 Å². The van der Waals surface area contributed by atoms with Crippen LogP contribution in [0.1, 0.15) is 41.5 Å². The van der Waals surface area contributed by atoms with Crippen molar-refractivity contribution in [1.29, 1.82) is 0 Å². The molecular weight excluding hydrogens is 220 g/mol. The van der Waals surface area contributed by atoms with Gasteiger partial charge in [-0.2, -0.15) is 0 Å². The molecule has 5 nitrogen and oxygen atoms in total. The summed E-state index contributed by atoms with van der Waals surface area (Å²) in [6.07, 6.45) is -0.821. The van der Waals surface area contributed by atoms with Crippen LogP contribution < -0.4 is 5.43 Å². The summed E-state index contributed by atoms with van der Waals surface area (Å²) in [5, 5.41) is 1.57. The van der Waals surface area contributed by atoms with Crippen molar-refractivity contribution in [2.75, 3.05) is 13.2 Å². The SMILES string of the molecule is CCOC(OCC)C(=O)N(NC(C)C)C(C)C. The topological polar surface area (TPSA) is 50.8 Å². The molecule has 102 valence electrons. The number of carbonyl (C=O) groups is 1. The summed E-state index contributed by atoms with van der Waals surface area (Å²) >= 11 is 0. The Balaban J connectivity index is 4.64. The van der Waals surface area contributed by atoms with Gasteiger partial charge in [0.05, 0.1) is 0 Å². The van der Waals surface area contributed by atoms with Gasteiger partial charge < -0.3 is 9.47 Å². The number of nitrogens with zero attached hydrogens (tertiary/aromatic N) is 1. The average Bonchev–Trinajstić information content (AvgIpc) is 2.24. The Morgan fingerprint density at radius 3 is 1.88 bits per heavy atom. The normalized spacial score (nSPS) is 11.6. The number of amides is 1. The monoisotopic (exact) mass is 246 g/mol. The minimum atomic E-state index is -0.821. The summed E-state index contributed by atoms with van der Waals surface area (Å²) in [5.41, 5.74) is 3.10. The molecule has 0 bridgehead atoms. The second kappa shape index (κ2) is 8.44. The zero-order valence-electron chi connectivity index (χ0n) is 11.8. The molecule has 0 aromatic heterocycles. The first-order valence-electron chi connectivity index (χ1n) is 6.26. The van der Waals surface area contributed by atoms with Crippen molar-refractivity contribution in [3.8, 4) is 0 Å². The first-order chi connectivity index (χ1) is 7.93. The van der Waals surface area contributed by atoms with E-state index >= 15 is 0 Å². The highest BCUT2D eigenvalue weighted by atomic mass is 16.7. The molecule has 0 saturated heterocycles. The fourth-order valence-electron chi connectivity index (χ4n) is 1.35. The van der Waals surface area contributed by atoms with Gasteiger partial charge in [-0.05, 0) is 41.5 Å². The molecule has 0 aromatic carbocycles. The maximum Gasteiger partial charge on any atom is 0.293 e. The summed E-state index contributed by atoms with van der Waals surface area (Å²) in [5.74, 6) is -0.183. The van der Waals surface area contributed by atoms with Crippen LogP contribution in [0.15, 0.2) is 0 Å². The third kappa shape index (κ3) is 6.00. The zero-order valence-corrected chi connectivity index (χ0v) is 11.8. The number of rotatable bonds is 8. The highest BCUT2D eigenvalue weighted by molar-refractivity contribution is 5.79. The van der Waals surface area contributed by atoms with Crippen molar-refractivity contribution in [3.05, 3.63) is 0 Å². The molecule has 0 aliphatic heterocycles. The lowest BCUT2D eigenvalue weighted by atomic mass is 10.3. The number of ether oxygens (including phenoxy) is 2. The van der Waals surface area contributed by atoms with Crippen LogP contribution in [0, 0.1) is 0 Å². The molecular formula is C12H26N2O3. The molecule has 0 saturated carbocycles. The van der Waals surface area contributed by atoms with E-state index in [1.54, 1.807) is 5.01 Å². The predicted molar refractivity (Wildman–Crippen MR) is 67.3 cm³/mol. The highest BCUT2D eigenvalue weighted by Gasteiger charge is 2.27. The van der Waals surface area contributed by atoms with Crippen molar-refractivity contribution < 1.29 is 14.3 Å². The van der Waals surface area contributed by atoms with Crippen LogP contribution in [0.3, 0.4) is 0 Å². The molecule has 17 heavy (non-hydrogen) atoms. The van der Waals surface area contributed by atoms with E-state index in [9.17, 15) is 4.79 Å². The molecule has 0 heterocycles. The number of hydrogen-bond donors (Lipinski definition) is 1. The Bertz CT molecular complexity index is 214. The fourth-order valence-corrected chi connectivity index (χ4v) is 1.35. The molecule has 0 radical (unpaired) electrons. The van der Waals surface area contributed by atoms with Crippen molar-refractivity contribution in [1.82, 2.24) is 10.4 Å². The average molecular weight is 246 g/mol. The van der Waals surface area contributed by atoms with Gasteiger partial charge in [-0.1, -0.05) is 0 Å². The Labute approximate surface area is 104 Å². The Hall–Kier alpha value is -0.650. The van der Waals surface area contributed by atoms with Crippen LogP contribution in [-0.4, -0.2) is 42.5 Å². The van der Waals surface area contributed by atoms with Gasteiger partial charge in [0.2, 0.25) is 6.29 Å². The lowest BCUT2D eigenvalue weighted by Gasteiger charge is -2.32. The van der Waals surface area contributed by atoms with Crippen molar-refractivity contribution in [3.63, 3.8) is 0 Å². The van der Waals surface area contributed by atoms with E-state index in [-0.39, 0.29) is 18.0 Å². The van der Waals surface area contributed by atoms with Gasteiger partial charge in [-0.25, -0.2) is 5.43 Å². The summed E-state index contributed by atoms with van der Waals surface area (Å²) in [6, 6.07) is 0.235. The Morgan fingerprint density at radius 2 is 1.59 bits per heavy atom. The van der Waals surface area contributed by atoms with E-state index in [1.165, 1.54) is 0 Å². The van der Waals surface area contributed by atoms with Crippen molar-refractivity contribution in [2.45, 2.75) is 59.9 Å². The molecule has 1 N–H and O–H groups in total. The Morgan fingerprint density at radius 1 is 1.12 bits per heavy atom. The maximum atomic E-state index is 12.2. The standard InChI is InChI=1S/C12H26N2O3/c1-7-16-12(17-8-2)11(15)14(10(5)6)13-9(3)4/h9-10,12-13H,7-8H2,1-6H3. The van der Waals surface area contributed by atoms with Gasteiger partial charge in [-0.3, -0.25) is 9.80 Å². The van der Waals surface area contributed by atoms with Gasteiger partial charge in [0.15, 0.2) is 0 Å². The summed E-state index contributed by atoms with van der Waals surface area (Å²) in [4.78, 5) is 12.2. The van der Waals surface area contributed by atoms with Crippen LogP contribution >= 0.6 is 0 Å². The number of hydrazine groups is 1. The quantitative estimate of drug-likeness (QED) is 0.521. The smallest absolute Gasteiger partial charge is 0.293 e. The Kier molecular flexibility index (Phi) is 8.12. The number of carbonyl (C=O) groups excluding carboxylic acids is 1. The minimum absolute atomic E-state index is 0.0494. The lowest BCUT2D eigenvalue weighted by molar-refractivity contribution is -0.186. The summed E-state index contributed by atoms with van der Waals surface area (Å²) < 4.78 is 10.6. The molecule has 0 atom stereocenters. The lowest BCUT2D eigenvalue weighted by Crippen LogP contribution is -2.54. The van der Waals surface area contributed by atoms with E-state index in [0.29, 0.717) is 13.2 Å². The van der Waals surface area contributed by atoms with E-state index < -0.39 is 6.29 Å². The van der Waals surface area contributed by atoms with Crippen molar-refractivity contribution >= 4 is 5.91 Å². The molecule has 0 rings (SSSR count). The minimum Gasteiger partial charge on any atom is -0.345 e. The van der Waals surface area contributed by atoms with E-state index in [4.69, 9.17) is 9.47 Å². The van der Waals surface area contributed by atoms with E-state index in [2.05, 4.69) is 5.43 Å². The molecule has 1 amide bonds. The van der Waals surface area contributed by atoms with Gasteiger partial charge in [-0.15, -0.1) is 0 Å². The zero-order chi connectivity index (χ0) is 13.4. The van der Waals surface area contributed by atoms with Crippen LogP contribution in [0.25, 0.3) is 0 Å². The molecule has 0 unspecified atom stereocenters. The van der Waals surface area contributed by atoms with Gasteiger partial charge in [0.25, 0.3) is 5.91 Å². The molecule has 0 spiro atoms. The number of hydrogen-bond acceptors (Lipinski definition) is 4. The first-order valence-corrected chi connectivity index (χ1v) is 6.26. The van der Waals surface area contributed by atoms with Crippen LogP contribution in [-0.2, 0) is 14.3 Å². The molecule has 0 aromatic rings. The second-order valence-corrected chi connectivity index (χ2v) is 4.33. The fraction of sp³-hybridized carbons (Fsp3) is 0.917. The molecule has 0 fully saturated rings. The molecule has 0 aliphatic carbocycles. The third-order valence-electron chi connectivity index (χ3n) is 1.99. The second-order valence-electron chi connectivity index (χ2n) is 4.33. The largest absolute Gasteiger partial charge is 0.345 e. The summed E-state index contributed by atoms with van der Waals surface area (Å²) in [6.45, 7) is 12.4. The maximum absolute atomic E-state index is 12.2. The van der Waals surface area contributed by atoms with Crippen LogP contribution in [0.4, 0.5) is 0 Å². The van der Waals surface area contributed by atoms with Gasteiger partial charge in [0, 0.05) is 25.3 Å².